The highest BCUT2D eigenvalue weighted by Gasteiger charge is 2.34. The predicted molar refractivity (Wildman–Crippen MR) is 150 cm³/mol. The molecule has 0 spiro atoms. The first-order valence-electron chi connectivity index (χ1n) is 12.2. The molecule has 2 aromatic rings. The molecule has 206 valence electrons. The number of hydrogen-bond acceptors (Lipinski definition) is 5. The summed E-state index contributed by atoms with van der Waals surface area (Å²) < 4.78 is 4.90. The van der Waals surface area contributed by atoms with Gasteiger partial charge in [-0.3, -0.25) is 9.59 Å². The lowest BCUT2D eigenvalue weighted by Gasteiger charge is -2.31. The second-order valence-electron chi connectivity index (χ2n) is 9.90. The Morgan fingerprint density at radius 3 is 2.23 bits per heavy atom. The molecule has 0 unspecified atom stereocenters. The highest BCUT2D eigenvalue weighted by molar-refractivity contribution is 6.40. The Labute approximate surface area is 237 Å². The minimum atomic E-state index is -1.19. The molecule has 0 radical (unpaired) electrons. The monoisotopic (exact) mass is 572 g/mol. The van der Waals surface area contributed by atoms with Gasteiger partial charge in [-0.15, -0.1) is 0 Å². The maximum absolute atomic E-state index is 13.0. The summed E-state index contributed by atoms with van der Waals surface area (Å²) in [5.74, 6) is -2.66. The molecule has 0 heterocycles. The zero-order chi connectivity index (χ0) is 28.9. The molecule has 1 atom stereocenters. The molecule has 0 saturated heterocycles. The van der Waals surface area contributed by atoms with E-state index in [-0.39, 0.29) is 22.0 Å². The molecule has 3 rings (SSSR count). The molecule has 8 nitrogen and oxygen atoms in total. The van der Waals surface area contributed by atoms with Crippen LogP contribution in [0.4, 0.5) is 5.69 Å². The highest BCUT2D eigenvalue weighted by Crippen LogP contribution is 2.40. The Kier molecular flexibility index (Phi) is 9.59. The molecular weight excluding hydrogens is 543 g/mol. The number of carboxylic acids is 1. The van der Waals surface area contributed by atoms with Gasteiger partial charge >= 0.3 is 11.9 Å². The number of nitrogens with one attached hydrogen (secondary N) is 2. The van der Waals surface area contributed by atoms with Crippen LogP contribution in [0.25, 0.3) is 0 Å². The van der Waals surface area contributed by atoms with Crippen molar-refractivity contribution in [1.82, 2.24) is 5.32 Å². The zero-order valence-electron chi connectivity index (χ0n) is 22.1. The maximum Gasteiger partial charge on any atom is 0.334 e. The molecule has 0 aromatic heterocycles. The number of benzene rings is 2. The lowest BCUT2D eigenvalue weighted by atomic mass is 9.73. The van der Waals surface area contributed by atoms with Gasteiger partial charge in [0.15, 0.2) is 0 Å². The van der Waals surface area contributed by atoms with Crippen molar-refractivity contribution in [2.75, 3.05) is 12.4 Å². The number of amides is 2. The van der Waals surface area contributed by atoms with Gasteiger partial charge in [-0.25, -0.2) is 9.59 Å². The second kappa shape index (κ2) is 12.5. The fourth-order valence-corrected chi connectivity index (χ4v) is 4.81. The Morgan fingerprint density at radius 2 is 1.67 bits per heavy atom. The first-order valence-corrected chi connectivity index (χ1v) is 13.0. The van der Waals surface area contributed by atoms with E-state index in [0.717, 1.165) is 0 Å². The molecule has 39 heavy (non-hydrogen) atoms. The summed E-state index contributed by atoms with van der Waals surface area (Å²) in [5.41, 5.74) is 2.32. The van der Waals surface area contributed by atoms with E-state index in [1.54, 1.807) is 55.5 Å². The SMILES string of the molecule is COC(=O)C1=C/C(=C(\C)C(=O)N[C@@H](Cc2ccc(NC(=O)c3c(Cl)cccc3Cl)cc2)C(=O)O)CCC1(C)C. The number of aliphatic carboxylic acids is 1. The third-order valence-corrected chi connectivity index (χ3v) is 7.37. The number of carbonyl (C=O) groups is 4. The number of carbonyl (C=O) groups excluding carboxylic acids is 3. The van der Waals surface area contributed by atoms with Crippen LogP contribution in [0.2, 0.25) is 10.0 Å². The lowest BCUT2D eigenvalue weighted by Crippen LogP contribution is -2.43. The largest absolute Gasteiger partial charge is 0.480 e. The van der Waals surface area contributed by atoms with E-state index < -0.39 is 35.2 Å². The molecule has 1 aliphatic carbocycles. The van der Waals surface area contributed by atoms with Crippen LogP contribution in [0, 0.1) is 5.41 Å². The zero-order valence-corrected chi connectivity index (χ0v) is 23.6. The number of allylic oxidation sites excluding steroid dienone is 2. The average Bonchev–Trinajstić information content (AvgIpc) is 2.88. The van der Waals surface area contributed by atoms with Crippen molar-refractivity contribution in [2.24, 2.45) is 5.41 Å². The summed E-state index contributed by atoms with van der Waals surface area (Å²) in [6.45, 7) is 5.48. The average molecular weight is 573 g/mol. The maximum atomic E-state index is 13.0. The number of anilines is 1. The van der Waals surface area contributed by atoms with Gasteiger partial charge in [0.05, 0.1) is 22.7 Å². The van der Waals surface area contributed by atoms with Crippen LogP contribution in [0.1, 0.15) is 49.5 Å². The van der Waals surface area contributed by atoms with Crippen LogP contribution in [-0.2, 0) is 25.5 Å². The molecule has 0 saturated carbocycles. The van der Waals surface area contributed by atoms with Crippen LogP contribution >= 0.6 is 23.2 Å². The number of esters is 1. The van der Waals surface area contributed by atoms with Gasteiger partial charge in [-0.1, -0.05) is 55.2 Å². The van der Waals surface area contributed by atoms with Gasteiger partial charge in [-0.05, 0) is 66.7 Å². The van der Waals surface area contributed by atoms with Crippen molar-refractivity contribution in [3.8, 4) is 0 Å². The van der Waals surface area contributed by atoms with Crippen LogP contribution in [0.3, 0.4) is 0 Å². The van der Waals surface area contributed by atoms with E-state index in [1.165, 1.54) is 7.11 Å². The standard InChI is InChI=1S/C29H30Cl2N2O6/c1-16(18-12-13-29(2,3)20(15-18)28(38)39-4)25(34)33-23(27(36)37)14-17-8-10-19(11-9-17)32-26(35)24-21(30)6-5-7-22(24)31/h5-11,15,23H,12-14H2,1-4H3,(H,32,35)(H,33,34)(H,36,37)/b18-16+/t23-/m0/s1. The van der Waals surface area contributed by atoms with E-state index in [0.29, 0.717) is 40.8 Å². The fraction of sp³-hybridized carbons (Fsp3) is 0.310. The minimum Gasteiger partial charge on any atom is -0.480 e. The number of hydrogen-bond donors (Lipinski definition) is 3. The Morgan fingerprint density at radius 1 is 1.05 bits per heavy atom. The van der Waals surface area contributed by atoms with Gasteiger partial charge in [0, 0.05) is 23.3 Å². The smallest absolute Gasteiger partial charge is 0.334 e. The van der Waals surface area contributed by atoms with Crippen molar-refractivity contribution in [3.63, 3.8) is 0 Å². The summed E-state index contributed by atoms with van der Waals surface area (Å²) in [6, 6.07) is 10.1. The van der Waals surface area contributed by atoms with Crippen LogP contribution in [-0.4, -0.2) is 42.0 Å². The molecule has 0 bridgehead atoms. The topological polar surface area (TPSA) is 122 Å². The minimum absolute atomic E-state index is 0.0184. The Balaban J connectivity index is 1.71. The number of ether oxygens (including phenoxy) is 1. The number of rotatable bonds is 8. The van der Waals surface area contributed by atoms with Crippen molar-refractivity contribution >= 4 is 52.6 Å². The number of methoxy groups -OCH3 is 1. The number of carboxylic acid groups (broad SMARTS) is 1. The van der Waals surface area contributed by atoms with Gasteiger partial charge in [0.1, 0.15) is 6.04 Å². The van der Waals surface area contributed by atoms with Crippen molar-refractivity contribution in [2.45, 2.75) is 46.1 Å². The summed E-state index contributed by atoms with van der Waals surface area (Å²) in [6.07, 6.45) is 2.90. The van der Waals surface area contributed by atoms with Crippen molar-refractivity contribution in [3.05, 3.63) is 86.4 Å². The van der Waals surface area contributed by atoms with Crippen LogP contribution in [0.5, 0.6) is 0 Å². The third-order valence-electron chi connectivity index (χ3n) is 6.74. The van der Waals surface area contributed by atoms with Gasteiger partial charge < -0.3 is 20.5 Å². The fourth-order valence-electron chi connectivity index (χ4n) is 4.25. The van der Waals surface area contributed by atoms with Gasteiger partial charge in [-0.2, -0.15) is 0 Å². The summed E-state index contributed by atoms with van der Waals surface area (Å²) in [7, 11) is 1.31. The summed E-state index contributed by atoms with van der Waals surface area (Å²) >= 11 is 12.2. The van der Waals surface area contributed by atoms with E-state index in [2.05, 4.69) is 10.6 Å². The van der Waals surface area contributed by atoms with Crippen molar-refractivity contribution < 1.29 is 29.0 Å². The van der Waals surface area contributed by atoms with Crippen LogP contribution in [0.15, 0.2) is 65.3 Å². The summed E-state index contributed by atoms with van der Waals surface area (Å²) in [5, 5.41) is 15.5. The molecule has 1 aliphatic rings. The molecule has 0 aliphatic heterocycles. The van der Waals surface area contributed by atoms with E-state index in [9.17, 15) is 24.3 Å². The van der Waals surface area contributed by atoms with E-state index >= 15 is 0 Å². The molecule has 3 N–H and O–H groups in total. The number of halogens is 2. The lowest BCUT2D eigenvalue weighted by molar-refractivity contribution is -0.141. The third kappa shape index (κ3) is 7.28. The van der Waals surface area contributed by atoms with Crippen molar-refractivity contribution in [1.29, 1.82) is 0 Å². The first kappa shape index (κ1) is 29.9. The second-order valence-corrected chi connectivity index (χ2v) is 10.7. The van der Waals surface area contributed by atoms with Gasteiger partial charge in [0.2, 0.25) is 5.91 Å². The molecule has 0 fully saturated rings. The molecule has 10 heteroatoms. The van der Waals surface area contributed by atoms with E-state index in [1.807, 2.05) is 13.8 Å². The molecule has 2 aromatic carbocycles. The molecule has 2 amide bonds. The first-order chi connectivity index (χ1) is 18.3. The quantitative estimate of drug-likeness (QED) is 0.280. The van der Waals surface area contributed by atoms with Gasteiger partial charge in [0.25, 0.3) is 5.91 Å². The summed E-state index contributed by atoms with van der Waals surface area (Å²) in [4.78, 5) is 49.8. The Bertz CT molecular complexity index is 1340. The van der Waals surface area contributed by atoms with Crippen LogP contribution < -0.4 is 10.6 Å². The predicted octanol–water partition coefficient (Wildman–Crippen LogP) is 5.59. The van der Waals surface area contributed by atoms with E-state index in [4.69, 9.17) is 27.9 Å². The Hall–Kier alpha value is -3.62. The highest BCUT2D eigenvalue weighted by atomic mass is 35.5. The molecular formula is C29H30Cl2N2O6. The normalized spacial score (nSPS) is 16.4.